The normalized spacial score (nSPS) is 18.0. The van der Waals surface area contributed by atoms with Crippen LogP contribution in [-0.4, -0.2) is 35.3 Å². The summed E-state index contributed by atoms with van der Waals surface area (Å²) in [6.45, 7) is 3.82. The average molecular weight is 289 g/mol. The lowest BCUT2D eigenvalue weighted by molar-refractivity contribution is -0.132. The van der Waals surface area contributed by atoms with Gasteiger partial charge in [-0.1, -0.05) is 44.2 Å². The van der Waals surface area contributed by atoms with Crippen molar-refractivity contribution in [3.05, 3.63) is 35.9 Å². The van der Waals surface area contributed by atoms with E-state index in [0.29, 0.717) is 6.54 Å². The third-order valence-corrected chi connectivity index (χ3v) is 3.36. The molecule has 21 heavy (non-hydrogen) atoms. The molecule has 1 aromatic carbocycles. The highest BCUT2D eigenvalue weighted by Crippen LogP contribution is 2.13. The van der Waals surface area contributed by atoms with E-state index in [2.05, 4.69) is 10.6 Å². The molecular formula is C15H19N3O3. The lowest BCUT2D eigenvalue weighted by atomic mass is 10.1. The molecule has 0 aliphatic carbocycles. The second-order valence-electron chi connectivity index (χ2n) is 5.36. The van der Waals surface area contributed by atoms with Crippen LogP contribution in [0, 0.1) is 5.92 Å². The van der Waals surface area contributed by atoms with Gasteiger partial charge in [-0.2, -0.15) is 0 Å². The lowest BCUT2D eigenvalue weighted by Crippen LogP contribution is -2.41. The molecule has 0 unspecified atom stereocenters. The first-order valence-corrected chi connectivity index (χ1v) is 6.91. The molecule has 1 fully saturated rings. The summed E-state index contributed by atoms with van der Waals surface area (Å²) in [5.74, 6) is -0.699. The fourth-order valence-electron chi connectivity index (χ4n) is 2.14. The molecule has 2 rings (SSSR count). The summed E-state index contributed by atoms with van der Waals surface area (Å²) < 4.78 is 0. The number of amides is 4. The molecule has 1 saturated heterocycles. The molecule has 1 aliphatic rings. The van der Waals surface area contributed by atoms with Crippen molar-refractivity contribution in [2.45, 2.75) is 26.4 Å². The molecule has 0 radical (unpaired) electrons. The van der Waals surface area contributed by atoms with Crippen LogP contribution in [0.25, 0.3) is 0 Å². The average Bonchev–Trinajstić information content (AvgIpc) is 2.74. The summed E-state index contributed by atoms with van der Waals surface area (Å²) in [6.07, 6.45) is 0. The second-order valence-corrected chi connectivity index (χ2v) is 5.36. The van der Waals surface area contributed by atoms with Crippen LogP contribution < -0.4 is 10.6 Å². The van der Waals surface area contributed by atoms with Crippen molar-refractivity contribution in [3.8, 4) is 0 Å². The minimum Gasteiger partial charge on any atom is -0.350 e. The molecule has 0 saturated carbocycles. The Hall–Kier alpha value is -2.37. The summed E-state index contributed by atoms with van der Waals surface area (Å²) in [4.78, 5) is 36.6. The number of hydrogen-bond donors (Lipinski definition) is 2. The van der Waals surface area contributed by atoms with E-state index in [1.165, 1.54) is 0 Å². The Morgan fingerprint density at radius 1 is 1.29 bits per heavy atom. The predicted molar refractivity (Wildman–Crippen MR) is 77.2 cm³/mol. The van der Waals surface area contributed by atoms with Gasteiger partial charge in [-0.15, -0.1) is 0 Å². The summed E-state index contributed by atoms with van der Waals surface area (Å²) in [5, 5.41) is 5.29. The number of hydrogen-bond acceptors (Lipinski definition) is 3. The smallest absolute Gasteiger partial charge is 0.325 e. The molecule has 1 aliphatic heterocycles. The maximum Gasteiger partial charge on any atom is 0.325 e. The predicted octanol–water partition coefficient (Wildman–Crippen LogP) is 0.879. The Morgan fingerprint density at radius 2 is 1.95 bits per heavy atom. The third-order valence-electron chi connectivity index (χ3n) is 3.36. The molecule has 6 heteroatoms. The second kappa shape index (κ2) is 6.39. The van der Waals surface area contributed by atoms with Crippen molar-refractivity contribution in [2.24, 2.45) is 5.92 Å². The first kappa shape index (κ1) is 15.0. The molecule has 1 aromatic rings. The molecule has 0 bridgehead atoms. The zero-order valence-corrected chi connectivity index (χ0v) is 12.1. The van der Waals surface area contributed by atoms with Crippen LogP contribution in [-0.2, 0) is 16.1 Å². The highest BCUT2D eigenvalue weighted by Gasteiger charge is 2.40. The van der Waals surface area contributed by atoms with E-state index < -0.39 is 12.1 Å². The van der Waals surface area contributed by atoms with Crippen LogP contribution in [0.5, 0.6) is 0 Å². The van der Waals surface area contributed by atoms with Crippen molar-refractivity contribution in [3.63, 3.8) is 0 Å². The van der Waals surface area contributed by atoms with Gasteiger partial charge in [0.15, 0.2) is 0 Å². The SMILES string of the molecule is CC(C)[C@@H]1NC(=O)N(CC(=O)NCc2ccccc2)C1=O. The fourth-order valence-corrected chi connectivity index (χ4v) is 2.14. The number of rotatable bonds is 5. The van der Waals surface area contributed by atoms with Gasteiger partial charge in [-0.05, 0) is 11.5 Å². The molecular weight excluding hydrogens is 270 g/mol. The highest BCUT2D eigenvalue weighted by molar-refractivity contribution is 6.06. The molecule has 0 aromatic heterocycles. The van der Waals surface area contributed by atoms with E-state index in [1.807, 2.05) is 44.2 Å². The van der Waals surface area contributed by atoms with E-state index in [4.69, 9.17) is 0 Å². The molecule has 112 valence electrons. The minimum atomic E-state index is -0.542. The molecule has 4 amide bonds. The number of carbonyl (C=O) groups excluding carboxylic acids is 3. The number of urea groups is 1. The standard InChI is InChI=1S/C15H19N3O3/c1-10(2)13-14(20)18(15(21)17-13)9-12(19)16-8-11-6-4-3-5-7-11/h3-7,10,13H,8-9H2,1-2H3,(H,16,19)(H,17,21)/t13-/m0/s1. The zero-order chi connectivity index (χ0) is 15.4. The monoisotopic (exact) mass is 289 g/mol. The van der Waals surface area contributed by atoms with E-state index in [0.717, 1.165) is 10.5 Å². The van der Waals surface area contributed by atoms with E-state index >= 15 is 0 Å². The van der Waals surface area contributed by atoms with Crippen LogP contribution in [0.15, 0.2) is 30.3 Å². The number of nitrogens with zero attached hydrogens (tertiary/aromatic N) is 1. The topological polar surface area (TPSA) is 78.5 Å². The van der Waals surface area contributed by atoms with Crippen LogP contribution in [0.3, 0.4) is 0 Å². The molecule has 6 nitrogen and oxygen atoms in total. The maximum absolute atomic E-state index is 12.0. The highest BCUT2D eigenvalue weighted by atomic mass is 16.2. The third kappa shape index (κ3) is 3.59. The largest absolute Gasteiger partial charge is 0.350 e. The Labute approximate surface area is 123 Å². The van der Waals surface area contributed by atoms with E-state index in [1.54, 1.807) is 0 Å². The van der Waals surface area contributed by atoms with Crippen molar-refractivity contribution < 1.29 is 14.4 Å². The lowest BCUT2D eigenvalue weighted by Gasteiger charge is -2.14. The number of imide groups is 1. The van der Waals surface area contributed by atoms with Gasteiger partial charge in [0.2, 0.25) is 5.91 Å². The first-order chi connectivity index (χ1) is 9.99. The number of benzene rings is 1. The van der Waals surface area contributed by atoms with Gasteiger partial charge in [-0.3, -0.25) is 14.5 Å². The van der Waals surface area contributed by atoms with Crippen molar-refractivity contribution >= 4 is 17.8 Å². The van der Waals surface area contributed by atoms with Crippen molar-refractivity contribution in [1.29, 1.82) is 0 Å². The van der Waals surface area contributed by atoms with Gasteiger partial charge in [-0.25, -0.2) is 4.79 Å². The summed E-state index contributed by atoms with van der Waals surface area (Å²) in [6, 6.07) is 8.39. The maximum atomic E-state index is 12.0. The van der Waals surface area contributed by atoms with Crippen LogP contribution in [0.1, 0.15) is 19.4 Å². The zero-order valence-electron chi connectivity index (χ0n) is 12.1. The number of carbonyl (C=O) groups is 3. The van der Waals surface area contributed by atoms with Gasteiger partial charge in [0.1, 0.15) is 12.6 Å². The Morgan fingerprint density at radius 3 is 2.52 bits per heavy atom. The van der Waals surface area contributed by atoms with Crippen LogP contribution in [0.2, 0.25) is 0 Å². The first-order valence-electron chi connectivity index (χ1n) is 6.91. The van der Waals surface area contributed by atoms with Gasteiger partial charge in [0, 0.05) is 6.54 Å². The van der Waals surface area contributed by atoms with Crippen molar-refractivity contribution in [2.75, 3.05) is 6.54 Å². The van der Waals surface area contributed by atoms with Crippen molar-refractivity contribution in [1.82, 2.24) is 15.5 Å². The quantitative estimate of drug-likeness (QED) is 0.790. The van der Waals surface area contributed by atoms with Gasteiger partial charge in [0.05, 0.1) is 0 Å². The number of nitrogens with one attached hydrogen (secondary N) is 2. The van der Waals surface area contributed by atoms with Gasteiger partial charge < -0.3 is 10.6 Å². The Bertz CT molecular complexity index is 542. The van der Waals surface area contributed by atoms with Gasteiger partial charge in [0.25, 0.3) is 5.91 Å². The minimum absolute atomic E-state index is 0.00108. The fraction of sp³-hybridized carbons (Fsp3) is 0.400. The van der Waals surface area contributed by atoms with E-state index in [-0.39, 0.29) is 24.3 Å². The summed E-state index contributed by atoms with van der Waals surface area (Å²) >= 11 is 0. The summed E-state index contributed by atoms with van der Waals surface area (Å²) in [7, 11) is 0. The molecule has 1 heterocycles. The van der Waals surface area contributed by atoms with Crippen LogP contribution in [0.4, 0.5) is 4.79 Å². The van der Waals surface area contributed by atoms with Crippen LogP contribution >= 0.6 is 0 Å². The van der Waals surface area contributed by atoms with E-state index in [9.17, 15) is 14.4 Å². The Kier molecular flexibility index (Phi) is 4.57. The Balaban J connectivity index is 1.88. The molecule has 1 atom stereocenters. The summed E-state index contributed by atoms with van der Waals surface area (Å²) in [5.41, 5.74) is 0.961. The molecule has 0 spiro atoms. The molecule has 2 N–H and O–H groups in total. The van der Waals surface area contributed by atoms with Gasteiger partial charge >= 0.3 is 6.03 Å².